The second-order valence-corrected chi connectivity index (χ2v) is 4.23. The lowest BCUT2D eigenvalue weighted by molar-refractivity contribution is 0.625. The molecule has 1 aromatic carbocycles. The van der Waals surface area contributed by atoms with E-state index in [1.54, 1.807) is 18.5 Å². The van der Waals surface area contributed by atoms with E-state index in [0.29, 0.717) is 11.4 Å². The van der Waals surface area contributed by atoms with Crippen LogP contribution in [0.3, 0.4) is 0 Å². The predicted octanol–water partition coefficient (Wildman–Crippen LogP) is 3.12. The van der Waals surface area contributed by atoms with Crippen molar-refractivity contribution in [1.82, 2.24) is 4.98 Å². The fraction of sp³-hybridized carbons (Fsp3) is 0.154. The van der Waals surface area contributed by atoms with Crippen molar-refractivity contribution < 1.29 is 4.39 Å². The predicted molar refractivity (Wildman–Crippen MR) is 66.3 cm³/mol. The zero-order valence-corrected chi connectivity index (χ0v) is 9.86. The molecular weight excluding hydrogens is 239 g/mol. The summed E-state index contributed by atoms with van der Waals surface area (Å²) in [7, 11) is 0. The van der Waals surface area contributed by atoms with Crippen molar-refractivity contribution in [2.45, 2.75) is 12.5 Å². The third-order valence-electron chi connectivity index (χ3n) is 2.59. The molecule has 17 heavy (non-hydrogen) atoms. The van der Waals surface area contributed by atoms with Crippen LogP contribution in [-0.2, 0) is 6.42 Å². The molecule has 2 aromatic rings. The lowest BCUT2D eigenvalue weighted by Gasteiger charge is -2.12. The van der Waals surface area contributed by atoms with Crippen molar-refractivity contribution in [3.63, 3.8) is 0 Å². The maximum absolute atomic E-state index is 12.9. The number of halogens is 2. The van der Waals surface area contributed by atoms with Gasteiger partial charge in [0, 0.05) is 23.5 Å². The van der Waals surface area contributed by atoms with Gasteiger partial charge in [0.2, 0.25) is 0 Å². The number of nitrogens with zero attached hydrogens (tertiary/aromatic N) is 1. The van der Waals surface area contributed by atoms with E-state index in [4.69, 9.17) is 17.3 Å². The number of hydrogen-bond donors (Lipinski definition) is 1. The van der Waals surface area contributed by atoms with Gasteiger partial charge >= 0.3 is 0 Å². The van der Waals surface area contributed by atoms with Gasteiger partial charge < -0.3 is 5.73 Å². The average Bonchev–Trinajstić information content (AvgIpc) is 2.34. The maximum Gasteiger partial charge on any atom is 0.124 e. The Morgan fingerprint density at radius 2 is 1.94 bits per heavy atom. The van der Waals surface area contributed by atoms with Crippen LogP contribution in [0.15, 0.2) is 42.7 Å². The number of rotatable bonds is 3. The Balaban J connectivity index is 2.16. The highest BCUT2D eigenvalue weighted by Gasteiger charge is 2.09. The Morgan fingerprint density at radius 3 is 2.59 bits per heavy atom. The molecule has 0 aliphatic heterocycles. The summed E-state index contributed by atoms with van der Waals surface area (Å²) in [6.07, 6.45) is 3.96. The van der Waals surface area contributed by atoms with Crippen LogP contribution in [0.25, 0.3) is 0 Å². The van der Waals surface area contributed by atoms with Crippen LogP contribution in [0, 0.1) is 5.82 Å². The molecule has 0 saturated heterocycles. The molecule has 0 aliphatic rings. The topological polar surface area (TPSA) is 38.9 Å². The fourth-order valence-electron chi connectivity index (χ4n) is 1.65. The highest BCUT2D eigenvalue weighted by atomic mass is 35.5. The highest BCUT2D eigenvalue weighted by molar-refractivity contribution is 6.31. The molecule has 4 heteroatoms. The summed E-state index contributed by atoms with van der Waals surface area (Å²) >= 11 is 5.95. The molecule has 1 aromatic heterocycles. The fourth-order valence-corrected chi connectivity index (χ4v) is 1.90. The van der Waals surface area contributed by atoms with Gasteiger partial charge in [0.15, 0.2) is 0 Å². The van der Waals surface area contributed by atoms with Crippen molar-refractivity contribution in [1.29, 1.82) is 0 Å². The number of pyridine rings is 1. The van der Waals surface area contributed by atoms with E-state index in [1.165, 1.54) is 12.1 Å². The highest BCUT2D eigenvalue weighted by Crippen LogP contribution is 2.22. The summed E-state index contributed by atoms with van der Waals surface area (Å²) in [6.45, 7) is 0. The molecule has 1 unspecified atom stereocenters. The molecular formula is C13H12ClFN2. The molecule has 0 amide bonds. The third-order valence-corrected chi connectivity index (χ3v) is 2.94. The molecule has 0 aliphatic carbocycles. The van der Waals surface area contributed by atoms with Gasteiger partial charge in [0.1, 0.15) is 5.82 Å². The molecule has 2 rings (SSSR count). The van der Waals surface area contributed by atoms with Crippen molar-refractivity contribution >= 4 is 11.6 Å². The smallest absolute Gasteiger partial charge is 0.124 e. The molecule has 88 valence electrons. The first-order valence-electron chi connectivity index (χ1n) is 5.26. The zero-order valence-electron chi connectivity index (χ0n) is 9.11. The minimum Gasteiger partial charge on any atom is -0.324 e. The summed E-state index contributed by atoms with van der Waals surface area (Å²) in [4.78, 5) is 3.93. The lowest BCUT2D eigenvalue weighted by Crippen LogP contribution is -2.13. The molecule has 0 radical (unpaired) electrons. The van der Waals surface area contributed by atoms with Crippen LogP contribution >= 0.6 is 11.6 Å². The first kappa shape index (κ1) is 12.0. The SMILES string of the molecule is NC(Cc1ccc(F)cc1Cl)c1ccncc1. The van der Waals surface area contributed by atoms with E-state index in [1.807, 2.05) is 12.1 Å². The van der Waals surface area contributed by atoms with Gasteiger partial charge in [-0.2, -0.15) is 0 Å². The first-order valence-corrected chi connectivity index (χ1v) is 5.64. The monoisotopic (exact) mass is 250 g/mol. The molecule has 1 atom stereocenters. The summed E-state index contributed by atoms with van der Waals surface area (Å²) < 4.78 is 12.9. The standard InChI is InChI=1S/C13H12ClFN2/c14-12-8-11(15)2-1-10(12)7-13(16)9-3-5-17-6-4-9/h1-6,8,13H,7,16H2. The summed E-state index contributed by atoms with van der Waals surface area (Å²) in [5, 5.41) is 0.412. The first-order chi connectivity index (χ1) is 8.16. The number of nitrogens with two attached hydrogens (primary N) is 1. The van der Waals surface area contributed by atoms with E-state index in [2.05, 4.69) is 4.98 Å². The van der Waals surface area contributed by atoms with Gasteiger partial charge in [-0.3, -0.25) is 4.98 Å². The van der Waals surface area contributed by atoms with Gasteiger partial charge in [-0.05, 0) is 41.8 Å². The Bertz CT molecular complexity index is 502. The van der Waals surface area contributed by atoms with Crippen LogP contribution < -0.4 is 5.73 Å². The second kappa shape index (κ2) is 5.25. The molecule has 2 nitrogen and oxygen atoms in total. The summed E-state index contributed by atoms with van der Waals surface area (Å²) in [5.74, 6) is -0.337. The van der Waals surface area contributed by atoms with E-state index < -0.39 is 0 Å². The molecule has 0 bridgehead atoms. The maximum atomic E-state index is 12.9. The van der Waals surface area contributed by atoms with Gasteiger partial charge in [0.05, 0.1) is 0 Å². The normalized spacial score (nSPS) is 12.4. The van der Waals surface area contributed by atoms with Crippen molar-refractivity contribution in [2.24, 2.45) is 5.73 Å². The van der Waals surface area contributed by atoms with Gasteiger partial charge in [-0.15, -0.1) is 0 Å². The van der Waals surface area contributed by atoms with Crippen LogP contribution in [0.2, 0.25) is 5.02 Å². The van der Waals surface area contributed by atoms with E-state index in [0.717, 1.165) is 11.1 Å². The Morgan fingerprint density at radius 1 is 1.24 bits per heavy atom. The van der Waals surface area contributed by atoms with E-state index in [-0.39, 0.29) is 11.9 Å². The Labute approximate surface area is 104 Å². The molecule has 1 heterocycles. The van der Waals surface area contributed by atoms with Crippen molar-refractivity contribution in [3.05, 3.63) is 64.7 Å². The van der Waals surface area contributed by atoms with Crippen LogP contribution in [-0.4, -0.2) is 4.98 Å². The van der Waals surface area contributed by atoms with Crippen LogP contribution in [0.4, 0.5) is 4.39 Å². The second-order valence-electron chi connectivity index (χ2n) is 3.83. The van der Waals surface area contributed by atoms with Crippen LogP contribution in [0.1, 0.15) is 17.2 Å². The third kappa shape index (κ3) is 3.02. The van der Waals surface area contributed by atoms with Crippen LogP contribution in [0.5, 0.6) is 0 Å². The molecule has 0 spiro atoms. The average molecular weight is 251 g/mol. The molecule has 0 saturated carbocycles. The van der Waals surface area contributed by atoms with E-state index >= 15 is 0 Å². The molecule has 2 N–H and O–H groups in total. The molecule has 0 fully saturated rings. The number of hydrogen-bond acceptors (Lipinski definition) is 2. The van der Waals surface area contributed by atoms with Gasteiger partial charge in [0.25, 0.3) is 0 Å². The lowest BCUT2D eigenvalue weighted by atomic mass is 10.0. The van der Waals surface area contributed by atoms with Crippen molar-refractivity contribution in [2.75, 3.05) is 0 Å². The number of aromatic nitrogens is 1. The summed E-state index contributed by atoms with van der Waals surface area (Å²) in [6, 6.07) is 7.92. The van der Waals surface area contributed by atoms with Gasteiger partial charge in [-0.1, -0.05) is 17.7 Å². The van der Waals surface area contributed by atoms with Gasteiger partial charge in [-0.25, -0.2) is 4.39 Å². The minimum absolute atomic E-state index is 0.166. The number of benzene rings is 1. The zero-order chi connectivity index (χ0) is 12.3. The van der Waals surface area contributed by atoms with Crippen molar-refractivity contribution in [3.8, 4) is 0 Å². The Hall–Kier alpha value is -1.45. The Kier molecular flexibility index (Phi) is 3.71. The quantitative estimate of drug-likeness (QED) is 0.909. The summed E-state index contributed by atoms with van der Waals surface area (Å²) in [5.41, 5.74) is 7.89. The van der Waals surface area contributed by atoms with E-state index in [9.17, 15) is 4.39 Å². The largest absolute Gasteiger partial charge is 0.324 e. The minimum atomic E-state index is -0.337.